The Balaban J connectivity index is 2.95. The summed E-state index contributed by atoms with van der Waals surface area (Å²) in [5.74, 6) is 0.899. The number of benzene rings is 1. The second-order valence-corrected chi connectivity index (χ2v) is 8.44. The summed E-state index contributed by atoms with van der Waals surface area (Å²) in [4.78, 5) is 0. The van der Waals surface area contributed by atoms with Crippen molar-refractivity contribution < 1.29 is 9.84 Å². The van der Waals surface area contributed by atoms with Gasteiger partial charge in [-0.2, -0.15) is 0 Å². The monoisotopic (exact) mass is 252 g/mol. The van der Waals surface area contributed by atoms with Crippen LogP contribution in [0, 0.1) is 0 Å². The number of para-hydroxylation sites is 1. The Morgan fingerprint density at radius 2 is 1.76 bits per heavy atom. The van der Waals surface area contributed by atoms with E-state index in [0.29, 0.717) is 6.42 Å². The second-order valence-electron chi connectivity index (χ2n) is 5.94. The average molecular weight is 252 g/mol. The van der Waals surface area contributed by atoms with Crippen LogP contribution in [0.4, 0.5) is 0 Å². The van der Waals surface area contributed by atoms with Crippen molar-refractivity contribution in [1.82, 2.24) is 0 Å². The Bertz CT molecular complexity index is 367. The molecule has 0 aromatic heterocycles. The van der Waals surface area contributed by atoms with E-state index in [2.05, 4.69) is 27.7 Å². The van der Waals surface area contributed by atoms with Gasteiger partial charge >= 0.3 is 0 Å². The van der Waals surface area contributed by atoms with E-state index in [1.165, 1.54) is 0 Å². The molecule has 0 saturated heterocycles. The van der Waals surface area contributed by atoms with Gasteiger partial charge in [0.1, 0.15) is 11.4 Å². The van der Waals surface area contributed by atoms with E-state index >= 15 is 0 Å². The highest BCUT2D eigenvalue weighted by atomic mass is 28.1. The predicted molar refractivity (Wildman–Crippen MR) is 75.9 cm³/mol. The highest BCUT2D eigenvalue weighted by molar-refractivity contribution is 6.15. The van der Waals surface area contributed by atoms with Crippen LogP contribution in [0.2, 0.25) is 5.04 Å². The summed E-state index contributed by atoms with van der Waals surface area (Å²) < 4.78 is 6.17. The molecule has 1 aromatic rings. The van der Waals surface area contributed by atoms with Crippen LogP contribution < -0.4 is 4.74 Å². The van der Waals surface area contributed by atoms with Gasteiger partial charge in [0.2, 0.25) is 0 Å². The van der Waals surface area contributed by atoms with Crippen LogP contribution in [0.25, 0.3) is 0 Å². The maximum Gasteiger partial charge on any atom is 0.123 e. The van der Waals surface area contributed by atoms with Crippen LogP contribution in [0.15, 0.2) is 24.3 Å². The third-order valence-corrected chi connectivity index (χ3v) is 4.73. The minimum atomic E-state index is -0.190. The lowest BCUT2D eigenvalue weighted by Crippen LogP contribution is -2.40. The number of aliphatic hydroxyl groups is 1. The van der Waals surface area contributed by atoms with Crippen molar-refractivity contribution in [3.63, 3.8) is 0 Å². The molecule has 0 saturated carbocycles. The molecule has 1 rings (SSSR count). The lowest BCUT2D eigenvalue weighted by atomic mass is 9.93. The summed E-state index contributed by atoms with van der Waals surface area (Å²) in [6, 6.07) is 7.96. The largest absolute Gasteiger partial charge is 0.487 e. The van der Waals surface area contributed by atoms with Gasteiger partial charge in [-0.15, -0.1) is 0 Å². The van der Waals surface area contributed by atoms with Crippen molar-refractivity contribution in [3.05, 3.63) is 29.8 Å². The molecule has 0 aliphatic carbocycles. The van der Waals surface area contributed by atoms with Crippen LogP contribution >= 0.6 is 0 Å². The summed E-state index contributed by atoms with van der Waals surface area (Å²) in [7, 11) is 1.07. The number of hydrogen-bond acceptors (Lipinski definition) is 2. The number of rotatable bonds is 5. The molecule has 96 valence electrons. The van der Waals surface area contributed by atoms with E-state index in [1.54, 1.807) is 0 Å². The SMILES string of the molecule is CC(C)([SiH3])C(C)(C)Oc1ccccc1CCO. The van der Waals surface area contributed by atoms with Crippen LogP contribution in [-0.2, 0) is 6.42 Å². The molecule has 1 aromatic carbocycles. The van der Waals surface area contributed by atoms with Gasteiger partial charge in [0.15, 0.2) is 0 Å². The minimum Gasteiger partial charge on any atom is -0.487 e. The first-order valence-corrected chi connectivity index (χ1v) is 7.16. The summed E-state index contributed by atoms with van der Waals surface area (Å²) in [6.45, 7) is 8.89. The number of aliphatic hydroxyl groups excluding tert-OH is 1. The van der Waals surface area contributed by atoms with Gasteiger partial charge in [-0.1, -0.05) is 32.0 Å². The van der Waals surface area contributed by atoms with Crippen LogP contribution in [0.1, 0.15) is 33.3 Å². The van der Waals surface area contributed by atoms with Gasteiger partial charge in [0.25, 0.3) is 0 Å². The van der Waals surface area contributed by atoms with E-state index in [4.69, 9.17) is 9.84 Å². The molecule has 0 radical (unpaired) electrons. The molecule has 0 fully saturated rings. The Labute approximate surface area is 107 Å². The fourth-order valence-corrected chi connectivity index (χ4v) is 1.46. The maximum atomic E-state index is 9.05. The van der Waals surface area contributed by atoms with E-state index in [0.717, 1.165) is 21.6 Å². The Kier molecular flexibility index (Phi) is 4.39. The first-order chi connectivity index (χ1) is 7.78. The summed E-state index contributed by atoms with van der Waals surface area (Å²) in [6.07, 6.45) is 0.647. The molecule has 0 aliphatic heterocycles. The van der Waals surface area contributed by atoms with Gasteiger partial charge in [0, 0.05) is 16.8 Å². The third-order valence-electron chi connectivity index (χ3n) is 3.53. The lowest BCUT2D eigenvalue weighted by molar-refractivity contribution is 0.0680. The molecule has 0 spiro atoms. The van der Waals surface area contributed by atoms with Crippen LogP contribution in [-0.4, -0.2) is 27.6 Å². The normalized spacial score (nSPS) is 12.8. The number of ether oxygens (including phenoxy) is 1. The molecule has 1 N–H and O–H groups in total. The molecule has 0 aliphatic rings. The van der Waals surface area contributed by atoms with E-state index in [9.17, 15) is 0 Å². The van der Waals surface area contributed by atoms with Crippen LogP contribution in [0.5, 0.6) is 5.75 Å². The summed E-state index contributed by atoms with van der Waals surface area (Å²) >= 11 is 0. The molecule has 17 heavy (non-hydrogen) atoms. The van der Waals surface area contributed by atoms with Gasteiger partial charge in [-0.3, -0.25) is 0 Å². The molecule has 0 atom stereocenters. The van der Waals surface area contributed by atoms with Crippen LogP contribution in [0.3, 0.4) is 0 Å². The Hall–Kier alpha value is -0.803. The quantitative estimate of drug-likeness (QED) is 0.812. The van der Waals surface area contributed by atoms with Gasteiger partial charge in [0.05, 0.1) is 0 Å². The van der Waals surface area contributed by atoms with Gasteiger partial charge in [-0.25, -0.2) is 0 Å². The molecular formula is C14H24O2Si. The Morgan fingerprint density at radius 1 is 1.18 bits per heavy atom. The van der Waals surface area contributed by atoms with Crippen molar-refractivity contribution in [3.8, 4) is 5.75 Å². The second kappa shape index (κ2) is 5.23. The molecule has 3 heteroatoms. The topological polar surface area (TPSA) is 29.5 Å². The highest BCUT2D eigenvalue weighted by Crippen LogP contribution is 2.38. The standard InChI is InChI=1S/C14H24O2Si/c1-13(2,14(3,4)17)16-12-8-6-5-7-11(12)9-10-15/h5-8,15H,9-10H2,1-4,17H3. The van der Waals surface area contributed by atoms with Crippen molar-refractivity contribution in [2.75, 3.05) is 6.61 Å². The first kappa shape index (κ1) is 14.3. The summed E-state index contributed by atoms with van der Waals surface area (Å²) in [5.41, 5.74) is 0.888. The van der Waals surface area contributed by atoms with Crippen molar-refractivity contribution in [1.29, 1.82) is 0 Å². The molecule has 0 unspecified atom stereocenters. The fourth-order valence-electron chi connectivity index (χ4n) is 1.36. The smallest absolute Gasteiger partial charge is 0.123 e. The zero-order chi connectivity index (χ0) is 13.1. The average Bonchev–Trinajstić information content (AvgIpc) is 2.19. The van der Waals surface area contributed by atoms with Crippen molar-refractivity contribution in [2.24, 2.45) is 0 Å². The predicted octanol–water partition coefficient (Wildman–Crippen LogP) is 1.94. The lowest BCUT2D eigenvalue weighted by Gasteiger charge is -2.39. The highest BCUT2D eigenvalue weighted by Gasteiger charge is 2.35. The molecule has 0 amide bonds. The Morgan fingerprint density at radius 3 is 2.29 bits per heavy atom. The van der Waals surface area contributed by atoms with Crippen molar-refractivity contribution in [2.45, 2.75) is 44.8 Å². The summed E-state index contributed by atoms with van der Waals surface area (Å²) in [5, 5.41) is 9.25. The van der Waals surface area contributed by atoms with E-state index < -0.39 is 0 Å². The molecule has 0 bridgehead atoms. The van der Waals surface area contributed by atoms with Crippen molar-refractivity contribution >= 4 is 10.2 Å². The minimum absolute atomic E-state index is 0.158. The van der Waals surface area contributed by atoms with Gasteiger partial charge < -0.3 is 9.84 Å². The van der Waals surface area contributed by atoms with E-state index in [1.807, 2.05) is 24.3 Å². The third kappa shape index (κ3) is 3.58. The number of hydrogen-bond donors (Lipinski definition) is 1. The zero-order valence-corrected chi connectivity index (χ0v) is 13.6. The molecule has 0 heterocycles. The van der Waals surface area contributed by atoms with E-state index in [-0.39, 0.29) is 17.2 Å². The molecule has 2 nitrogen and oxygen atoms in total. The van der Waals surface area contributed by atoms with Gasteiger partial charge in [-0.05, 0) is 36.9 Å². The zero-order valence-electron chi connectivity index (χ0n) is 11.6. The first-order valence-electron chi connectivity index (χ1n) is 6.16. The fraction of sp³-hybridized carbons (Fsp3) is 0.571. The molecular weight excluding hydrogens is 228 g/mol. The maximum absolute atomic E-state index is 9.05.